The minimum absolute atomic E-state index is 0.303. The molecule has 0 radical (unpaired) electrons. The zero-order valence-electron chi connectivity index (χ0n) is 8.52. The first-order valence-corrected chi connectivity index (χ1v) is 5.87. The molecule has 0 saturated heterocycles. The lowest BCUT2D eigenvalue weighted by Gasteiger charge is -2.06. The monoisotopic (exact) mass is 311 g/mol. The van der Waals surface area contributed by atoms with Crippen molar-refractivity contribution in [2.24, 2.45) is 0 Å². The van der Waals surface area contributed by atoms with Crippen LogP contribution in [0.2, 0.25) is 5.02 Å². The van der Waals surface area contributed by atoms with Crippen molar-refractivity contribution >= 4 is 39.3 Å². The van der Waals surface area contributed by atoms with Crippen molar-refractivity contribution < 1.29 is 4.79 Å². The van der Waals surface area contributed by atoms with Crippen molar-refractivity contribution in [2.45, 2.75) is 0 Å². The number of nitrogens with one attached hydrogen (secondary N) is 1. The van der Waals surface area contributed by atoms with Crippen LogP contribution in [0.15, 0.2) is 41.3 Å². The number of hydrogen-bond donors (Lipinski definition) is 1. The molecule has 0 aliphatic heterocycles. The second kappa shape index (κ2) is 5.25. The molecule has 1 N–H and O–H groups in total. The average molecular weight is 313 g/mol. The smallest absolute Gasteiger partial charge is 0.258 e. The summed E-state index contributed by atoms with van der Waals surface area (Å²) in [7, 11) is 0. The van der Waals surface area contributed by atoms with Crippen molar-refractivity contribution in [2.75, 3.05) is 5.32 Å². The molecule has 0 saturated carbocycles. The molecule has 1 amide bonds. The number of carbonyl (C=O) groups is 1. The second-order valence-corrected chi connectivity index (χ2v) is 4.41. The fraction of sp³-hybridized carbons (Fsp3) is 0. The molecular formula is C11H7BrClN3O. The van der Waals surface area contributed by atoms with Gasteiger partial charge in [0.15, 0.2) is 0 Å². The third kappa shape index (κ3) is 2.81. The van der Waals surface area contributed by atoms with Crippen molar-refractivity contribution in [1.29, 1.82) is 0 Å². The van der Waals surface area contributed by atoms with Crippen LogP contribution in [0, 0.1) is 0 Å². The summed E-state index contributed by atoms with van der Waals surface area (Å²) in [6.07, 6.45) is 4.52. The molecule has 0 atom stereocenters. The lowest BCUT2D eigenvalue weighted by molar-refractivity contribution is 0.102. The third-order valence-electron chi connectivity index (χ3n) is 2.01. The molecular weight excluding hydrogens is 305 g/mol. The number of pyridine rings is 2. The predicted molar refractivity (Wildman–Crippen MR) is 69.1 cm³/mol. The lowest BCUT2D eigenvalue weighted by atomic mass is 10.2. The van der Waals surface area contributed by atoms with Crippen molar-refractivity contribution in [3.8, 4) is 0 Å². The van der Waals surface area contributed by atoms with Crippen LogP contribution in [0.5, 0.6) is 0 Å². The van der Waals surface area contributed by atoms with E-state index in [0.29, 0.717) is 20.9 Å². The van der Waals surface area contributed by atoms with Gasteiger partial charge in [0.1, 0.15) is 5.82 Å². The Morgan fingerprint density at radius 2 is 2.18 bits per heavy atom. The van der Waals surface area contributed by atoms with E-state index in [2.05, 4.69) is 31.2 Å². The van der Waals surface area contributed by atoms with Crippen molar-refractivity contribution in [3.63, 3.8) is 0 Å². The van der Waals surface area contributed by atoms with Crippen LogP contribution in [0.25, 0.3) is 0 Å². The first kappa shape index (κ1) is 12.0. The summed E-state index contributed by atoms with van der Waals surface area (Å²) in [6.45, 7) is 0. The Balaban J connectivity index is 2.24. The Morgan fingerprint density at radius 3 is 2.88 bits per heavy atom. The van der Waals surface area contributed by atoms with Crippen LogP contribution in [0.4, 0.5) is 5.82 Å². The van der Waals surface area contributed by atoms with E-state index in [9.17, 15) is 4.79 Å². The molecule has 0 spiro atoms. The SMILES string of the molecule is O=C(Nc1ncccc1Br)c1ccncc1Cl. The molecule has 2 aromatic rings. The molecule has 2 heterocycles. The van der Waals surface area contributed by atoms with Crippen LogP contribution < -0.4 is 5.32 Å². The van der Waals surface area contributed by atoms with Gasteiger partial charge in [-0.15, -0.1) is 0 Å². The molecule has 0 unspecified atom stereocenters. The van der Waals surface area contributed by atoms with Crippen LogP contribution in [0.1, 0.15) is 10.4 Å². The van der Waals surface area contributed by atoms with Gasteiger partial charge in [0.25, 0.3) is 5.91 Å². The van der Waals surface area contributed by atoms with Crippen molar-refractivity contribution in [3.05, 3.63) is 51.8 Å². The van der Waals surface area contributed by atoms with Gasteiger partial charge in [0.05, 0.1) is 15.1 Å². The number of aromatic nitrogens is 2. The molecule has 86 valence electrons. The standard InChI is InChI=1S/C11H7BrClN3O/c12-8-2-1-4-15-10(8)16-11(17)7-3-5-14-6-9(7)13/h1-6H,(H,15,16,17). The number of hydrogen-bond acceptors (Lipinski definition) is 3. The van der Waals surface area contributed by atoms with Gasteiger partial charge in [-0.05, 0) is 34.1 Å². The molecule has 0 aliphatic rings. The maximum atomic E-state index is 11.9. The first-order chi connectivity index (χ1) is 8.18. The maximum absolute atomic E-state index is 11.9. The average Bonchev–Trinajstić information content (AvgIpc) is 2.32. The fourth-order valence-corrected chi connectivity index (χ4v) is 1.77. The largest absolute Gasteiger partial charge is 0.306 e. The minimum Gasteiger partial charge on any atom is -0.306 e. The van der Waals surface area contributed by atoms with Gasteiger partial charge in [0.2, 0.25) is 0 Å². The normalized spacial score (nSPS) is 10.0. The van der Waals surface area contributed by atoms with Gasteiger partial charge in [-0.2, -0.15) is 0 Å². The second-order valence-electron chi connectivity index (χ2n) is 3.14. The summed E-state index contributed by atoms with van der Waals surface area (Å²) in [5.41, 5.74) is 0.360. The molecule has 0 aromatic carbocycles. The molecule has 4 nitrogen and oxygen atoms in total. The number of amides is 1. The van der Waals surface area contributed by atoms with Crippen LogP contribution >= 0.6 is 27.5 Å². The molecule has 0 bridgehead atoms. The molecule has 6 heteroatoms. The zero-order valence-corrected chi connectivity index (χ0v) is 10.9. The van der Waals surface area contributed by atoms with Crippen molar-refractivity contribution in [1.82, 2.24) is 9.97 Å². The van der Waals surface area contributed by atoms with Crippen LogP contribution in [-0.4, -0.2) is 15.9 Å². The summed E-state index contributed by atoms with van der Waals surface area (Å²) in [6, 6.07) is 5.10. The highest BCUT2D eigenvalue weighted by atomic mass is 79.9. The van der Waals surface area contributed by atoms with E-state index in [1.54, 1.807) is 24.4 Å². The highest BCUT2D eigenvalue weighted by molar-refractivity contribution is 9.10. The predicted octanol–water partition coefficient (Wildman–Crippen LogP) is 3.14. The quantitative estimate of drug-likeness (QED) is 0.927. The van der Waals surface area contributed by atoms with E-state index >= 15 is 0 Å². The summed E-state index contributed by atoms with van der Waals surface area (Å²) < 4.78 is 0.707. The van der Waals surface area contributed by atoms with Gasteiger partial charge in [-0.3, -0.25) is 9.78 Å². The fourth-order valence-electron chi connectivity index (χ4n) is 1.21. The van der Waals surface area contributed by atoms with E-state index < -0.39 is 0 Å². The van der Waals surface area contributed by atoms with E-state index in [1.807, 2.05) is 0 Å². The van der Waals surface area contributed by atoms with E-state index in [1.165, 1.54) is 12.4 Å². The van der Waals surface area contributed by atoms with E-state index in [0.717, 1.165) is 0 Å². The molecule has 0 fully saturated rings. The van der Waals surface area contributed by atoms with Crippen LogP contribution in [0.3, 0.4) is 0 Å². The Labute approximate surface area is 111 Å². The summed E-state index contributed by atoms with van der Waals surface area (Å²) >= 11 is 9.16. The van der Waals surface area contributed by atoms with Gasteiger partial charge in [-0.1, -0.05) is 11.6 Å². The Kier molecular flexibility index (Phi) is 3.71. The number of carbonyl (C=O) groups excluding carboxylic acids is 1. The van der Waals surface area contributed by atoms with Gasteiger partial charge in [0, 0.05) is 18.6 Å². The summed E-state index contributed by atoms with van der Waals surface area (Å²) in [5.74, 6) is 0.127. The molecule has 2 rings (SSSR count). The Morgan fingerprint density at radius 1 is 1.35 bits per heavy atom. The van der Waals surface area contributed by atoms with Gasteiger partial charge >= 0.3 is 0 Å². The topological polar surface area (TPSA) is 54.9 Å². The Bertz CT molecular complexity index is 562. The summed E-state index contributed by atoms with van der Waals surface area (Å²) in [5, 5.41) is 2.96. The third-order valence-corrected chi connectivity index (χ3v) is 2.95. The lowest BCUT2D eigenvalue weighted by Crippen LogP contribution is -2.13. The Hall–Kier alpha value is -1.46. The molecule has 2 aromatic heterocycles. The number of anilines is 1. The van der Waals surface area contributed by atoms with E-state index in [4.69, 9.17) is 11.6 Å². The van der Waals surface area contributed by atoms with Gasteiger partial charge in [-0.25, -0.2) is 4.98 Å². The minimum atomic E-state index is -0.322. The van der Waals surface area contributed by atoms with Crippen LogP contribution in [-0.2, 0) is 0 Å². The van der Waals surface area contributed by atoms with Gasteiger partial charge < -0.3 is 5.32 Å². The number of halogens is 2. The maximum Gasteiger partial charge on any atom is 0.258 e. The highest BCUT2D eigenvalue weighted by Gasteiger charge is 2.11. The highest BCUT2D eigenvalue weighted by Crippen LogP contribution is 2.20. The number of nitrogens with zero attached hydrogens (tertiary/aromatic N) is 2. The first-order valence-electron chi connectivity index (χ1n) is 4.70. The molecule has 0 aliphatic carbocycles. The number of rotatable bonds is 2. The summed E-state index contributed by atoms with van der Waals surface area (Å²) in [4.78, 5) is 19.8. The van der Waals surface area contributed by atoms with E-state index in [-0.39, 0.29) is 5.91 Å². The molecule has 17 heavy (non-hydrogen) atoms. The zero-order chi connectivity index (χ0) is 12.3.